The van der Waals surface area contributed by atoms with E-state index in [9.17, 15) is 5.26 Å². The predicted molar refractivity (Wildman–Crippen MR) is 103 cm³/mol. The zero-order chi connectivity index (χ0) is 17.9. The van der Waals surface area contributed by atoms with Crippen molar-refractivity contribution in [1.82, 2.24) is 9.97 Å². The van der Waals surface area contributed by atoms with E-state index in [0.29, 0.717) is 11.5 Å². The summed E-state index contributed by atoms with van der Waals surface area (Å²) in [5.74, 6) is 0.706. The Kier molecular flexibility index (Phi) is 4.37. The first-order valence-corrected chi connectivity index (χ1v) is 8.92. The van der Waals surface area contributed by atoms with Crippen LogP contribution in [0.2, 0.25) is 0 Å². The average molecular weight is 340 g/mol. The number of fused-ring (bicyclic) bond motifs is 1. The number of nitriles is 1. The zero-order valence-electron chi connectivity index (χ0n) is 14.8. The Hall–Kier alpha value is -3.19. The third-order valence-electron chi connectivity index (χ3n) is 4.92. The normalized spacial score (nSPS) is 13.6. The van der Waals surface area contributed by atoms with E-state index >= 15 is 0 Å². The molecule has 128 valence electrons. The van der Waals surface area contributed by atoms with Crippen molar-refractivity contribution in [3.05, 3.63) is 77.1 Å². The molecule has 0 bridgehead atoms. The van der Waals surface area contributed by atoms with Crippen LogP contribution in [0.25, 0.3) is 11.3 Å². The van der Waals surface area contributed by atoms with Gasteiger partial charge >= 0.3 is 0 Å². The molecule has 4 rings (SSSR count). The monoisotopic (exact) mass is 340 g/mol. The minimum atomic E-state index is 0.403. The van der Waals surface area contributed by atoms with Gasteiger partial charge in [0.15, 0.2) is 11.5 Å². The van der Waals surface area contributed by atoms with E-state index in [0.717, 1.165) is 42.9 Å². The van der Waals surface area contributed by atoms with Gasteiger partial charge in [-0.05, 0) is 30.9 Å². The summed E-state index contributed by atoms with van der Waals surface area (Å²) in [7, 11) is 0. The molecule has 26 heavy (non-hydrogen) atoms. The smallest absolute Gasteiger partial charge is 0.183 e. The van der Waals surface area contributed by atoms with Crippen LogP contribution in [0, 0.1) is 18.3 Å². The third-order valence-corrected chi connectivity index (χ3v) is 4.92. The van der Waals surface area contributed by atoms with Crippen LogP contribution in [0.15, 0.2) is 54.6 Å². The summed E-state index contributed by atoms with van der Waals surface area (Å²) in [5, 5.41) is 9.68. The molecule has 0 spiro atoms. The molecule has 1 aromatic heterocycles. The number of nitrogens with zero attached hydrogens (tertiary/aromatic N) is 4. The quantitative estimate of drug-likeness (QED) is 0.709. The number of hydrogen-bond donors (Lipinski definition) is 0. The molecule has 0 unspecified atom stereocenters. The minimum absolute atomic E-state index is 0.403. The molecule has 4 heteroatoms. The lowest BCUT2D eigenvalue weighted by Crippen LogP contribution is -2.28. The molecule has 2 aromatic carbocycles. The Bertz CT molecular complexity index is 946. The third kappa shape index (κ3) is 3.04. The maximum atomic E-state index is 9.68. The first kappa shape index (κ1) is 16.3. The Balaban J connectivity index is 1.69. The van der Waals surface area contributed by atoms with Crippen molar-refractivity contribution in [2.45, 2.75) is 19.8 Å². The number of benzene rings is 2. The van der Waals surface area contributed by atoms with Gasteiger partial charge in [0.05, 0.1) is 11.4 Å². The summed E-state index contributed by atoms with van der Waals surface area (Å²) in [6, 6.07) is 20.7. The van der Waals surface area contributed by atoms with E-state index in [-0.39, 0.29) is 0 Å². The standard InChI is InChI=1S/C22H20N4/c1-16-21(19-9-3-2-4-10-19)25-20(15-23)22(24-16)26-13-11-17-7-5-6-8-18(17)12-14-26/h2-10H,11-14H2,1H3. The minimum Gasteiger partial charge on any atom is -0.354 e. The van der Waals surface area contributed by atoms with Crippen molar-refractivity contribution >= 4 is 5.82 Å². The SMILES string of the molecule is Cc1nc(N2CCc3ccccc3CC2)c(C#N)nc1-c1ccccc1. The largest absolute Gasteiger partial charge is 0.354 e. The Morgan fingerprint density at radius 2 is 1.50 bits per heavy atom. The highest BCUT2D eigenvalue weighted by Gasteiger charge is 2.20. The molecule has 3 aromatic rings. The highest BCUT2D eigenvalue weighted by molar-refractivity contribution is 5.65. The van der Waals surface area contributed by atoms with Crippen LogP contribution < -0.4 is 4.90 Å². The van der Waals surface area contributed by atoms with E-state index in [1.54, 1.807) is 0 Å². The first-order chi connectivity index (χ1) is 12.8. The Labute approximate surface area is 153 Å². The second-order valence-electron chi connectivity index (χ2n) is 6.56. The fraction of sp³-hybridized carbons (Fsp3) is 0.227. The number of anilines is 1. The molecule has 0 radical (unpaired) electrons. The van der Waals surface area contributed by atoms with Crippen LogP contribution in [0.3, 0.4) is 0 Å². The lowest BCUT2D eigenvalue weighted by Gasteiger charge is -2.23. The highest BCUT2D eigenvalue weighted by Crippen LogP contribution is 2.26. The summed E-state index contributed by atoms with van der Waals surface area (Å²) < 4.78 is 0. The Morgan fingerprint density at radius 3 is 2.12 bits per heavy atom. The summed E-state index contributed by atoms with van der Waals surface area (Å²) >= 11 is 0. The van der Waals surface area contributed by atoms with Crippen LogP contribution >= 0.6 is 0 Å². The number of aromatic nitrogens is 2. The number of rotatable bonds is 2. The molecule has 0 saturated heterocycles. The van der Waals surface area contributed by atoms with E-state index in [1.807, 2.05) is 37.3 Å². The fourth-order valence-electron chi connectivity index (χ4n) is 3.55. The maximum Gasteiger partial charge on any atom is 0.183 e. The molecular formula is C22H20N4. The van der Waals surface area contributed by atoms with Crippen molar-refractivity contribution in [3.8, 4) is 17.3 Å². The van der Waals surface area contributed by atoms with Crippen LogP contribution in [0.5, 0.6) is 0 Å². The molecule has 1 aliphatic heterocycles. The summed E-state index contributed by atoms with van der Waals surface area (Å²) in [6.07, 6.45) is 1.92. The second kappa shape index (κ2) is 6.97. The zero-order valence-corrected chi connectivity index (χ0v) is 14.8. The van der Waals surface area contributed by atoms with Crippen molar-refractivity contribution in [3.63, 3.8) is 0 Å². The summed E-state index contributed by atoms with van der Waals surface area (Å²) in [4.78, 5) is 11.6. The van der Waals surface area contributed by atoms with Crippen molar-refractivity contribution in [2.75, 3.05) is 18.0 Å². The maximum absolute atomic E-state index is 9.68. The molecule has 0 fully saturated rings. The number of hydrogen-bond acceptors (Lipinski definition) is 4. The lowest BCUT2D eigenvalue weighted by molar-refractivity contribution is 0.782. The van der Waals surface area contributed by atoms with Gasteiger partial charge in [-0.2, -0.15) is 5.26 Å². The van der Waals surface area contributed by atoms with Crippen molar-refractivity contribution in [1.29, 1.82) is 5.26 Å². The summed E-state index contributed by atoms with van der Waals surface area (Å²) in [6.45, 7) is 3.67. The number of aryl methyl sites for hydroxylation is 1. The molecule has 0 saturated carbocycles. The molecular weight excluding hydrogens is 320 g/mol. The van der Waals surface area contributed by atoms with E-state index in [1.165, 1.54) is 11.1 Å². The van der Waals surface area contributed by atoms with Gasteiger partial charge in [0, 0.05) is 18.7 Å². The molecule has 1 aliphatic rings. The van der Waals surface area contributed by atoms with Gasteiger partial charge in [-0.25, -0.2) is 9.97 Å². The van der Waals surface area contributed by atoms with Crippen LogP contribution in [0.1, 0.15) is 22.5 Å². The molecule has 2 heterocycles. The second-order valence-corrected chi connectivity index (χ2v) is 6.56. The molecule has 0 atom stereocenters. The van der Waals surface area contributed by atoms with Crippen molar-refractivity contribution < 1.29 is 0 Å². The molecule has 4 nitrogen and oxygen atoms in total. The predicted octanol–water partition coefficient (Wildman–Crippen LogP) is 3.93. The van der Waals surface area contributed by atoms with E-state index in [2.05, 4.69) is 40.2 Å². The fourth-order valence-corrected chi connectivity index (χ4v) is 3.55. The van der Waals surface area contributed by atoms with Crippen molar-refractivity contribution in [2.24, 2.45) is 0 Å². The topological polar surface area (TPSA) is 52.8 Å². The highest BCUT2D eigenvalue weighted by atomic mass is 15.2. The van der Waals surface area contributed by atoms with Crippen LogP contribution in [0.4, 0.5) is 5.82 Å². The van der Waals surface area contributed by atoms with Gasteiger partial charge in [0.1, 0.15) is 6.07 Å². The lowest BCUT2D eigenvalue weighted by atomic mass is 10.0. The van der Waals surface area contributed by atoms with Gasteiger partial charge in [-0.15, -0.1) is 0 Å². The molecule has 0 N–H and O–H groups in total. The van der Waals surface area contributed by atoms with Gasteiger partial charge < -0.3 is 4.90 Å². The van der Waals surface area contributed by atoms with Gasteiger partial charge in [0.25, 0.3) is 0 Å². The van der Waals surface area contributed by atoms with Gasteiger partial charge in [0.2, 0.25) is 0 Å². The average Bonchev–Trinajstić information content (AvgIpc) is 2.91. The molecule has 0 aliphatic carbocycles. The van der Waals surface area contributed by atoms with Crippen LogP contribution in [-0.4, -0.2) is 23.1 Å². The van der Waals surface area contributed by atoms with E-state index in [4.69, 9.17) is 4.98 Å². The molecule has 0 amide bonds. The van der Waals surface area contributed by atoms with Crippen LogP contribution in [-0.2, 0) is 12.8 Å². The van der Waals surface area contributed by atoms with Gasteiger partial charge in [-0.3, -0.25) is 0 Å². The first-order valence-electron chi connectivity index (χ1n) is 8.92. The Morgan fingerprint density at radius 1 is 0.885 bits per heavy atom. The van der Waals surface area contributed by atoms with E-state index < -0.39 is 0 Å². The van der Waals surface area contributed by atoms with Gasteiger partial charge in [-0.1, -0.05) is 54.6 Å². The summed E-state index contributed by atoms with van der Waals surface area (Å²) in [5.41, 5.74) is 5.80.